The molecular formula is C34H41NO7. The first-order chi connectivity index (χ1) is 20.4. The minimum Gasteiger partial charge on any atom is -0.490 e. The van der Waals surface area contributed by atoms with Crippen molar-refractivity contribution in [1.29, 1.82) is 0 Å². The Hall–Kier alpha value is -4.01. The maximum absolute atomic E-state index is 11.7. The number of nitrogens with zero attached hydrogens (tertiary/aromatic N) is 1. The quantitative estimate of drug-likeness (QED) is 0.117. The second kappa shape index (κ2) is 15.3. The predicted molar refractivity (Wildman–Crippen MR) is 163 cm³/mol. The summed E-state index contributed by atoms with van der Waals surface area (Å²) in [6.07, 6.45) is 0.444. The van der Waals surface area contributed by atoms with Crippen molar-refractivity contribution in [3.63, 3.8) is 0 Å². The van der Waals surface area contributed by atoms with E-state index < -0.39 is 0 Å². The Labute approximate surface area is 248 Å². The third-order valence-corrected chi connectivity index (χ3v) is 7.13. The first-order valence-corrected chi connectivity index (χ1v) is 14.4. The zero-order valence-corrected chi connectivity index (χ0v) is 25.2. The highest BCUT2D eigenvalue weighted by Gasteiger charge is 2.19. The van der Waals surface area contributed by atoms with Crippen molar-refractivity contribution >= 4 is 17.1 Å². The van der Waals surface area contributed by atoms with Crippen molar-refractivity contribution in [2.24, 2.45) is 0 Å². The molecule has 224 valence electrons. The van der Waals surface area contributed by atoms with Crippen LogP contribution in [0.5, 0.6) is 23.0 Å². The van der Waals surface area contributed by atoms with Crippen molar-refractivity contribution < 1.29 is 33.2 Å². The van der Waals surface area contributed by atoms with Crippen LogP contribution in [0.15, 0.2) is 66.7 Å². The number of methoxy groups -OCH3 is 1. The summed E-state index contributed by atoms with van der Waals surface area (Å²) in [5.74, 6) is 2.63. The largest absolute Gasteiger partial charge is 0.490 e. The van der Waals surface area contributed by atoms with Crippen LogP contribution in [0.1, 0.15) is 50.8 Å². The van der Waals surface area contributed by atoms with Gasteiger partial charge in [0, 0.05) is 20.6 Å². The Bertz CT molecular complexity index is 1330. The van der Waals surface area contributed by atoms with E-state index in [9.17, 15) is 4.79 Å². The molecule has 8 nitrogen and oxygen atoms in total. The molecule has 0 spiro atoms. The molecule has 3 aromatic carbocycles. The van der Waals surface area contributed by atoms with Crippen LogP contribution < -0.4 is 18.9 Å². The highest BCUT2D eigenvalue weighted by atomic mass is 16.7. The number of carbonyl (C=O) groups excluding carboxylic acids is 1. The topological polar surface area (TPSA) is 75.7 Å². The smallest absolute Gasteiger partial charge is 0.303 e. The predicted octanol–water partition coefficient (Wildman–Crippen LogP) is 6.42. The molecule has 8 heteroatoms. The molecule has 1 atom stereocenters. The van der Waals surface area contributed by atoms with Crippen molar-refractivity contribution in [3.05, 3.63) is 83.4 Å². The second-order valence-electron chi connectivity index (χ2n) is 9.90. The number of benzene rings is 3. The summed E-state index contributed by atoms with van der Waals surface area (Å²) in [5.41, 5.74) is 5.43. The summed E-state index contributed by atoms with van der Waals surface area (Å²) in [7, 11) is 1.60. The van der Waals surface area contributed by atoms with E-state index in [0.717, 1.165) is 59.0 Å². The van der Waals surface area contributed by atoms with Gasteiger partial charge in [0.15, 0.2) is 18.3 Å². The summed E-state index contributed by atoms with van der Waals surface area (Å²) in [5, 5.41) is 0. The van der Waals surface area contributed by atoms with E-state index >= 15 is 0 Å². The van der Waals surface area contributed by atoms with Crippen LogP contribution in [0.4, 0.5) is 0 Å². The first-order valence-electron chi connectivity index (χ1n) is 14.4. The highest BCUT2D eigenvalue weighted by molar-refractivity contribution is 5.99. The molecule has 0 amide bonds. The number of fused-ring (bicyclic) bond motifs is 1. The Morgan fingerprint density at radius 1 is 0.833 bits per heavy atom. The van der Waals surface area contributed by atoms with Crippen LogP contribution >= 0.6 is 0 Å². The van der Waals surface area contributed by atoms with E-state index in [-0.39, 0.29) is 32.3 Å². The number of hydrogen-bond donors (Lipinski definition) is 0. The van der Waals surface area contributed by atoms with Gasteiger partial charge >= 0.3 is 5.97 Å². The molecule has 0 fully saturated rings. The average molecular weight is 576 g/mol. The van der Waals surface area contributed by atoms with Crippen LogP contribution in [0.25, 0.3) is 11.1 Å². The molecule has 0 saturated carbocycles. The summed E-state index contributed by atoms with van der Waals surface area (Å²) >= 11 is 0. The van der Waals surface area contributed by atoms with Crippen LogP contribution in [-0.4, -0.2) is 63.9 Å². The summed E-state index contributed by atoms with van der Waals surface area (Å²) < 4.78 is 33.5. The fraction of sp³-hybridized carbons (Fsp3) is 0.382. The van der Waals surface area contributed by atoms with E-state index in [1.165, 1.54) is 12.5 Å². The first kappa shape index (κ1) is 30.9. The fourth-order valence-corrected chi connectivity index (χ4v) is 5.00. The average Bonchev–Trinajstić information content (AvgIpc) is 3.48. The molecule has 0 aromatic heterocycles. The van der Waals surface area contributed by atoms with Crippen molar-refractivity contribution in [2.45, 2.75) is 40.2 Å². The van der Waals surface area contributed by atoms with Crippen molar-refractivity contribution in [3.8, 4) is 23.0 Å². The van der Waals surface area contributed by atoms with Crippen LogP contribution in [-0.2, 0) is 14.3 Å². The Morgan fingerprint density at radius 2 is 1.43 bits per heavy atom. The van der Waals surface area contributed by atoms with E-state index in [4.69, 9.17) is 28.4 Å². The van der Waals surface area contributed by atoms with Gasteiger partial charge in [-0.1, -0.05) is 51.1 Å². The van der Waals surface area contributed by atoms with Gasteiger partial charge in [-0.2, -0.15) is 0 Å². The highest BCUT2D eigenvalue weighted by Crippen LogP contribution is 2.40. The molecule has 1 heterocycles. The summed E-state index contributed by atoms with van der Waals surface area (Å²) in [6.45, 7) is 10.8. The third-order valence-electron chi connectivity index (χ3n) is 7.13. The van der Waals surface area contributed by atoms with Gasteiger partial charge in [-0.3, -0.25) is 4.79 Å². The van der Waals surface area contributed by atoms with E-state index in [1.54, 1.807) is 7.11 Å². The van der Waals surface area contributed by atoms with E-state index in [0.29, 0.717) is 12.3 Å². The number of hydrogen-bond acceptors (Lipinski definition) is 8. The van der Waals surface area contributed by atoms with Crippen molar-refractivity contribution in [1.82, 2.24) is 4.90 Å². The third kappa shape index (κ3) is 8.05. The number of allylic oxidation sites excluding steroid dienone is 1. The number of ether oxygens (including phenoxy) is 6. The molecule has 42 heavy (non-hydrogen) atoms. The molecule has 1 unspecified atom stereocenters. The van der Waals surface area contributed by atoms with Gasteiger partial charge in [0.25, 0.3) is 0 Å². The standard InChI is InChI=1S/C34H41NO7/c1-6-31(27-13-18-32-33(19-27)41-23-40-32)34(26-11-16-29(17-12-26)39-22-37-5)25-9-14-28(15-10-25)38-21-30(42-24(4)36)20-35(7-2)8-3/h9-19,30H,6-8,20-23H2,1-5H3/b34-31+. The molecule has 0 aliphatic carbocycles. The van der Waals surface area contributed by atoms with Crippen LogP contribution in [0.3, 0.4) is 0 Å². The number of rotatable bonds is 15. The molecule has 0 radical (unpaired) electrons. The van der Waals surface area contributed by atoms with Crippen LogP contribution in [0, 0.1) is 0 Å². The minimum atomic E-state index is -0.353. The zero-order chi connectivity index (χ0) is 29.9. The van der Waals surface area contributed by atoms with Gasteiger partial charge < -0.3 is 33.3 Å². The second-order valence-corrected chi connectivity index (χ2v) is 9.90. The normalized spacial score (nSPS) is 13.5. The molecule has 0 bridgehead atoms. The fourth-order valence-electron chi connectivity index (χ4n) is 5.00. The molecule has 0 N–H and O–H groups in total. The van der Waals surface area contributed by atoms with E-state index in [1.807, 2.05) is 36.4 Å². The Balaban J connectivity index is 1.64. The molecule has 3 aromatic rings. The number of esters is 1. The molecule has 0 saturated heterocycles. The lowest BCUT2D eigenvalue weighted by molar-refractivity contribution is -0.148. The molecule has 1 aliphatic rings. The zero-order valence-electron chi connectivity index (χ0n) is 25.2. The van der Waals surface area contributed by atoms with E-state index in [2.05, 4.69) is 56.0 Å². The molecule has 4 rings (SSSR count). The van der Waals surface area contributed by atoms with Gasteiger partial charge in [0.1, 0.15) is 24.2 Å². The van der Waals surface area contributed by atoms with Gasteiger partial charge in [0.2, 0.25) is 6.79 Å². The lowest BCUT2D eigenvalue weighted by atomic mass is 9.88. The monoisotopic (exact) mass is 575 g/mol. The van der Waals surface area contributed by atoms with Gasteiger partial charge in [-0.05, 0) is 83.7 Å². The Kier molecular flexibility index (Phi) is 11.3. The lowest BCUT2D eigenvalue weighted by Gasteiger charge is -2.25. The van der Waals surface area contributed by atoms with Gasteiger partial charge in [0.05, 0.1) is 0 Å². The minimum absolute atomic E-state index is 0.189. The molecular weight excluding hydrogens is 534 g/mol. The lowest BCUT2D eigenvalue weighted by Crippen LogP contribution is -2.38. The van der Waals surface area contributed by atoms with Crippen LogP contribution in [0.2, 0.25) is 0 Å². The summed E-state index contributed by atoms with van der Waals surface area (Å²) in [6, 6.07) is 22.1. The maximum Gasteiger partial charge on any atom is 0.303 e. The summed E-state index contributed by atoms with van der Waals surface area (Å²) in [4.78, 5) is 13.9. The van der Waals surface area contributed by atoms with Gasteiger partial charge in [-0.15, -0.1) is 0 Å². The molecule has 1 aliphatic heterocycles. The SMILES string of the molecule is CC/C(=C(\c1ccc(OCOC)cc1)c1ccc(OCC(CN(CC)CC)OC(C)=O)cc1)c1ccc2c(c1)OCO2. The Morgan fingerprint density at radius 3 is 2.00 bits per heavy atom. The maximum atomic E-state index is 11.7. The van der Waals surface area contributed by atoms with Gasteiger partial charge in [-0.25, -0.2) is 0 Å². The number of carbonyl (C=O) groups is 1. The van der Waals surface area contributed by atoms with Crippen molar-refractivity contribution in [2.75, 3.05) is 46.9 Å². The number of likely N-dealkylation sites (N-methyl/N-ethyl adjacent to an activating group) is 1.